The van der Waals surface area contributed by atoms with Crippen molar-refractivity contribution in [3.63, 3.8) is 0 Å². The monoisotopic (exact) mass is 374 g/mol. The average molecular weight is 374 g/mol. The predicted octanol–water partition coefficient (Wildman–Crippen LogP) is 2.10. The maximum Gasteiger partial charge on any atom is 0.305 e. The third-order valence-electron chi connectivity index (χ3n) is 4.48. The van der Waals surface area contributed by atoms with Crippen LogP contribution in [0, 0.1) is 11.7 Å². The molecule has 2 N–H and O–H groups in total. The van der Waals surface area contributed by atoms with Gasteiger partial charge in [-0.25, -0.2) is 4.39 Å². The molecule has 142 valence electrons. The number of amides is 2. The van der Waals surface area contributed by atoms with Crippen LogP contribution in [0.5, 0.6) is 0 Å². The van der Waals surface area contributed by atoms with E-state index in [1.165, 1.54) is 35.4 Å². The molecule has 1 saturated heterocycles. The molecule has 0 bridgehead atoms. The Hall–Kier alpha value is -3.16. The quantitative estimate of drug-likeness (QED) is 0.773. The van der Waals surface area contributed by atoms with Gasteiger partial charge >= 0.3 is 5.97 Å². The first-order valence-electron chi connectivity index (χ1n) is 8.50. The molecule has 2 amide bonds. The van der Waals surface area contributed by atoms with Gasteiger partial charge in [0.2, 0.25) is 11.8 Å². The third kappa shape index (κ3) is 4.72. The smallest absolute Gasteiger partial charge is 0.305 e. The normalized spacial score (nSPS) is 17.7. The van der Waals surface area contributed by atoms with E-state index in [9.17, 15) is 18.8 Å². The summed E-state index contributed by atoms with van der Waals surface area (Å²) in [5, 5.41) is 11.8. The zero-order valence-corrected chi connectivity index (χ0v) is 14.4. The number of halogens is 1. The molecule has 1 aromatic carbocycles. The molecular weight excluding hydrogens is 355 g/mol. The Balaban J connectivity index is 1.65. The van der Waals surface area contributed by atoms with Crippen LogP contribution >= 0.6 is 0 Å². The number of furan rings is 1. The van der Waals surface area contributed by atoms with E-state index in [2.05, 4.69) is 5.32 Å². The number of carbonyl (C=O) groups is 3. The first kappa shape index (κ1) is 18.6. The van der Waals surface area contributed by atoms with Gasteiger partial charge in [0.25, 0.3) is 0 Å². The molecule has 3 rings (SSSR count). The highest BCUT2D eigenvalue weighted by atomic mass is 19.1. The lowest BCUT2D eigenvalue weighted by Crippen LogP contribution is -2.36. The number of likely N-dealkylation sites (tertiary alicyclic amines) is 1. The summed E-state index contributed by atoms with van der Waals surface area (Å²) in [6, 6.07) is 7.96. The minimum absolute atomic E-state index is 0.0513. The topological polar surface area (TPSA) is 99.8 Å². The largest absolute Gasteiger partial charge is 0.481 e. The fourth-order valence-corrected chi connectivity index (χ4v) is 3.10. The lowest BCUT2D eigenvalue weighted by atomic mass is 10.0. The van der Waals surface area contributed by atoms with Gasteiger partial charge in [0.1, 0.15) is 11.6 Å². The molecule has 0 saturated carbocycles. The van der Waals surface area contributed by atoms with Crippen LogP contribution < -0.4 is 5.32 Å². The maximum absolute atomic E-state index is 13.1. The number of benzene rings is 1. The van der Waals surface area contributed by atoms with E-state index in [0.717, 1.165) is 0 Å². The zero-order valence-electron chi connectivity index (χ0n) is 14.4. The summed E-state index contributed by atoms with van der Waals surface area (Å²) < 4.78 is 18.3. The Morgan fingerprint density at radius 2 is 2.04 bits per heavy atom. The van der Waals surface area contributed by atoms with Gasteiger partial charge in [-0.15, -0.1) is 0 Å². The molecule has 0 radical (unpaired) electrons. The van der Waals surface area contributed by atoms with Gasteiger partial charge in [-0.2, -0.15) is 0 Å². The number of carbonyl (C=O) groups excluding carboxylic acids is 2. The molecule has 1 aromatic heterocycles. The van der Waals surface area contributed by atoms with Crippen molar-refractivity contribution in [3.8, 4) is 0 Å². The molecule has 1 fully saturated rings. The molecule has 0 unspecified atom stereocenters. The fourth-order valence-electron chi connectivity index (χ4n) is 3.10. The number of rotatable bonds is 7. The van der Waals surface area contributed by atoms with Crippen molar-refractivity contribution in [3.05, 3.63) is 59.8 Å². The van der Waals surface area contributed by atoms with Gasteiger partial charge in [-0.3, -0.25) is 14.4 Å². The minimum atomic E-state index is -1.09. The molecule has 1 aliphatic rings. The molecule has 0 aliphatic carbocycles. The lowest BCUT2D eigenvalue weighted by molar-refractivity contribution is -0.138. The minimum Gasteiger partial charge on any atom is -0.481 e. The number of nitrogens with one attached hydrogen (secondary N) is 1. The first-order chi connectivity index (χ1) is 12.9. The van der Waals surface area contributed by atoms with Crippen LogP contribution in [0.1, 0.15) is 30.2 Å². The van der Waals surface area contributed by atoms with Crippen LogP contribution in [0.3, 0.4) is 0 Å². The Morgan fingerprint density at radius 3 is 2.67 bits per heavy atom. The highest BCUT2D eigenvalue weighted by molar-refractivity contribution is 5.89. The maximum atomic E-state index is 13.1. The van der Waals surface area contributed by atoms with Gasteiger partial charge in [0, 0.05) is 13.0 Å². The van der Waals surface area contributed by atoms with Crippen molar-refractivity contribution in [2.75, 3.05) is 6.54 Å². The molecule has 2 atom stereocenters. The Kier molecular flexibility index (Phi) is 5.54. The highest BCUT2D eigenvalue weighted by Gasteiger charge is 2.35. The van der Waals surface area contributed by atoms with Gasteiger partial charge < -0.3 is 19.7 Å². The average Bonchev–Trinajstić information content (AvgIpc) is 3.25. The summed E-state index contributed by atoms with van der Waals surface area (Å²) in [5.74, 6) is -2.06. The number of hydrogen-bond acceptors (Lipinski definition) is 4. The van der Waals surface area contributed by atoms with Crippen molar-refractivity contribution in [2.24, 2.45) is 5.92 Å². The van der Waals surface area contributed by atoms with E-state index in [1.807, 2.05) is 0 Å². The Bertz CT molecular complexity index is 819. The van der Waals surface area contributed by atoms with E-state index >= 15 is 0 Å². The summed E-state index contributed by atoms with van der Waals surface area (Å²) in [6.07, 6.45) is 1.23. The van der Waals surface area contributed by atoms with Crippen molar-refractivity contribution in [1.29, 1.82) is 0 Å². The summed E-state index contributed by atoms with van der Waals surface area (Å²) in [5.41, 5.74) is 0.490. The standard InChI is InChI=1S/C19H19FN2O5/c20-14-5-3-12(4-6-14)16(9-18(24)25)21-19(26)13-8-17(23)22(10-13)11-15-2-1-7-27-15/h1-7,13,16H,8-11H2,(H,21,26)(H,24,25)/t13-,16-/m1/s1. The van der Waals surface area contributed by atoms with E-state index in [4.69, 9.17) is 9.52 Å². The van der Waals surface area contributed by atoms with Crippen LogP contribution in [0.2, 0.25) is 0 Å². The fraction of sp³-hybridized carbons (Fsp3) is 0.316. The Labute approximate surface area is 154 Å². The van der Waals surface area contributed by atoms with E-state index in [1.54, 1.807) is 12.1 Å². The lowest BCUT2D eigenvalue weighted by Gasteiger charge is -2.20. The second-order valence-electron chi connectivity index (χ2n) is 6.47. The molecule has 0 spiro atoms. The molecule has 2 aromatic rings. The van der Waals surface area contributed by atoms with Gasteiger partial charge in [0.05, 0.1) is 31.2 Å². The molecule has 7 nitrogen and oxygen atoms in total. The summed E-state index contributed by atoms with van der Waals surface area (Å²) >= 11 is 0. The van der Waals surface area contributed by atoms with Crippen molar-refractivity contribution < 1.29 is 28.3 Å². The number of hydrogen-bond donors (Lipinski definition) is 2. The van der Waals surface area contributed by atoms with Crippen LogP contribution in [0.15, 0.2) is 47.1 Å². The second kappa shape index (κ2) is 8.03. The van der Waals surface area contributed by atoms with E-state index in [-0.39, 0.29) is 31.8 Å². The van der Waals surface area contributed by atoms with Gasteiger partial charge in [-0.05, 0) is 29.8 Å². The predicted molar refractivity (Wildman–Crippen MR) is 91.8 cm³/mol. The summed E-state index contributed by atoms with van der Waals surface area (Å²) in [7, 11) is 0. The van der Waals surface area contributed by atoms with Crippen LogP contribution in [0.25, 0.3) is 0 Å². The van der Waals surface area contributed by atoms with Crippen molar-refractivity contribution in [2.45, 2.75) is 25.4 Å². The van der Waals surface area contributed by atoms with E-state index < -0.39 is 29.7 Å². The van der Waals surface area contributed by atoms with E-state index in [0.29, 0.717) is 11.3 Å². The number of carboxylic acid groups (broad SMARTS) is 1. The van der Waals surface area contributed by atoms with Crippen LogP contribution in [-0.2, 0) is 20.9 Å². The first-order valence-corrected chi connectivity index (χ1v) is 8.50. The third-order valence-corrected chi connectivity index (χ3v) is 4.48. The molecular formula is C19H19FN2O5. The number of nitrogens with zero attached hydrogens (tertiary/aromatic N) is 1. The summed E-state index contributed by atoms with van der Waals surface area (Å²) in [4.78, 5) is 37.4. The molecule has 1 aliphatic heterocycles. The summed E-state index contributed by atoms with van der Waals surface area (Å²) in [6.45, 7) is 0.515. The van der Waals surface area contributed by atoms with Crippen LogP contribution in [0.4, 0.5) is 4.39 Å². The van der Waals surface area contributed by atoms with Gasteiger partial charge in [-0.1, -0.05) is 12.1 Å². The highest BCUT2D eigenvalue weighted by Crippen LogP contribution is 2.23. The second-order valence-corrected chi connectivity index (χ2v) is 6.47. The molecule has 8 heteroatoms. The Morgan fingerprint density at radius 1 is 1.30 bits per heavy atom. The number of aliphatic carboxylic acids is 1. The molecule has 27 heavy (non-hydrogen) atoms. The SMILES string of the molecule is O=C(O)C[C@@H](NC(=O)[C@@H]1CC(=O)N(Cc2ccco2)C1)c1ccc(F)cc1. The van der Waals surface area contributed by atoms with Crippen molar-refractivity contribution >= 4 is 17.8 Å². The van der Waals surface area contributed by atoms with Crippen molar-refractivity contribution in [1.82, 2.24) is 10.2 Å². The zero-order chi connectivity index (χ0) is 19.4. The van der Waals surface area contributed by atoms with Crippen LogP contribution in [-0.4, -0.2) is 34.3 Å². The van der Waals surface area contributed by atoms with Gasteiger partial charge in [0.15, 0.2) is 0 Å². The molecule has 2 heterocycles. The number of carboxylic acids is 1.